The molecule has 0 unspecified atom stereocenters. The zero-order valence-corrected chi connectivity index (χ0v) is 26.4. The Morgan fingerprint density at radius 1 is 1.24 bits per heavy atom. The third-order valence-electron chi connectivity index (χ3n) is 9.69. The highest BCUT2D eigenvalue weighted by atomic mass is 16.6. The lowest BCUT2D eigenvalue weighted by molar-refractivity contribution is -0.175. The molecule has 13 nitrogen and oxygen atoms in total. The Bertz CT molecular complexity index is 1380. The molecule has 5 N–H and O–H groups in total. The Kier molecular flexibility index (Phi) is 9.43. The number of aliphatic hydroxyl groups is 1. The number of benzene rings is 1. The molecule has 1 aromatic carbocycles. The number of ether oxygens (including phenoxy) is 4. The van der Waals surface area contributed by atoms with Gasteiger partial charge in [0.25, 0.3) is 0 Å². The summed E-state index contributed by atoms with van der Waals surface area (Å²) < 4.78 is 23.3. The number of likely N-dealkylation sites (N-methyl/N-ethyl adjacent to an activating group) is 1. The topological polar surface area (TPSA) is 179 Å². The van der Waals surface area contributed by atoms with Gasteiger partial charge in [0.1, 0.15) is 11.8 Å². The number of piperidine rings is 1. The maximum Gasteiger partial charge on any atom is 0.352 e. The first-order valence-electron chi connectivity index (χ1n) is 15.6. The number of esters is 2. The third-order valence-corrected chi connectivity index (χ3v) is 9.69. The summed E-state index contributed by atoms with van der Waals surface area (Å²) in [5.74, 6) is -0.844. The van der Waals surface area contributed by atoms with Gasteiger partial charge in [-0.1, -0.05) is 6.07 Å². The summed E-state index contributed by atoms with van der Waals surface area (Å²) >= 11 is 0. The summed E-state index contributed by atoms with van der Waals surface area (Å²) in [6.45, 7) is 3.92. The van der Waals surface area contributed by atoms with Gasteiger partial charge in [0.2, 0.25) is 11.8 Å². The Labute approximate surface area is 262 Å². The van der Waals surface area contributed by atoms with E-state index in [0.29, 0.717) is 43.7 Å². The first-order valence-corrected chi connectivity index (χ1v) is 15.6. The molecule has 2 bridgehead atoms. The van der Waals surface area contributed by atoms with Gasteiger partial charge in [-0.25, -0.2) is 4.79 Å². The van der Waals surface area contributed by atoms with E-state index in [9.17, 15) is 24.3 Å². The van der Waals surface area contributed by atoms with Crippen molar-refractivity contribution < 1.29 is 43.2 Å². The van der Waals surface area contributed by atoms with Gasteiger partial charge in [-0.15, -0.1) is 0 Å². The van der Waals surface area contributed by atoms with Gasteiger partial charge >= 0.3 is 11.9 Å². The molecular weight excluding hydrogens is 584 g/mol. The quantitative estimate of drug-likeness (QED) is 0.177. The van der Waals surface area contributed by atoms with Gasteiger partial charge in [0.15, 0.2) is 23.7 Å². The van der Waals surface area contributed by atoms with Crippen molar-refractivity contribution in [3.8, 4) is 11.5 Å². The third kappa shape index (κ3) is 5.77. The number of hydrogen-bond donors (Lipinski definition) is 4. The lowest BCUT2D eigenvalue weighted by atomic mass is 9.50. The smallest absolute Gasteiger partial charge is 0.352 e. The van der Waals surface area contributed by atoms with Crippen LogP contribution in [0.2, 0.25) is 0 Å². The number of rotatable bonds is 13. The molecule has 5 rings (SSSR count). The van der Waals surface area contributed by atoms with Crippen molar-refractivity contribution in [2.75, 3.05) is 33.8 Å². The van der Waals surface area contributed by atoms with Crippen LogP contribution in [0, 0.1) is 0 Å². The highest BCUT2D eigenvalue weighted by molar-refractivity contribution is 5.87. The van der Waals surface area contributed by atoms with Gasteiger partial charge in [-0.05, 0) is 76.9 Å². The normalized spacial score (nSPS) is 27.2. The van der Waals surface area contributed by atoms with Gasteiger partial charge in [-0.2, -0.15) is 0 Å². The largest absolute Gasteiger partial charge is 0.493 e. The van der Waals surface area contributed by atoms with Gasteiger partial charge in [0, 0.05) is 31.5 Å². The van der Waals surface area contributed by atoms with Crippen molar-refractivity contribution in [3.63, 3.8) is 0 Å². The van der Waals surface area contributed by atoms with Crippen LogP contribution in [0.5, 0.6) is 11.5 Å². The number of nitrogens with one attached hydrogen (secondary N) is 2. The van der Waals surface area contributed by atoms with E-state index in [4.69, 9.17) is 24.7 Å². The molecule has 2 amide bonds. The second kappa shape index (κ2) is 13.0. The molecule has 2 aliphatic heterocycles. The van der Waals surface area contributed by atoms with E-state index in [1.807, 2.05) is 19.2 Å². The highest BCUT2D eigenvalue weighted by Crippen LogP contribution is 2.65. The van der Waals surface area contributed by atoms with Crippen LogP contribution in [-0.4, -0.2) is 97.4 Å². The fourth-order valence-corrected chi connectivity index (χ4v) is 7.51. The summed E-state index contributed by atoms with van der Waals surface area (Å²) in [5, 5.41) is 17.5. The van der Waals surface area contributed by atoms with Crippen LogP contribution in [0.4, 0.5) is 0 Å². The SMILES string of the molecule is COc1ccc2c3c1O[C@H]1C(OC(=O)[C@H](C)OC(=O)CCNC(=O)[C@H](CCCCN)NC(C)=O)=CC[C@@]4(O)[C@@H](C2)N(C)CC[C@]314. The van der Waals surface area contributed by atoms with Crippen molar-refractivity contribution in [2.45, 2.75) is 94.1 Å². The average Bonchev–Trinajstić information content (AvgIpc) is 3.35. The molecule has 0 aromatic heterocycles. The van der Waals surface area contributed by atoms with Gasteiger partial charge < -0.3 is 45.3 Å². The molecule has 1 aromatic rings. The minimum absolute atomic E-state index is 0.0351. The lowest BCUT2D eigenvalue weighted by Crippen LogP contribution is -2.74. The molecule has 2 aliphatic carbocycles. The Balaban J connectivity index is 1.22. The molecule has 0 saturated carbocycles. The summed E-state index contributed by atoms with van der Waals surface area (Å²) in [6, 6.07) is 3.01. The molecule has 1 fully saturated rings. The molecule has 4 aliphatic rings. The van der Waals surface area contributed by atoms with Crippen LogP contribution < -0.4 is 25.8 Å². The first kappa shape index (κ1) is 32.7. The van der Waals surface area contributed by atoms with Crippen molar-refractivity contribution in [2.24, 2.45) is 5.73 Å². The van der Waals surface area contributed by atoms with E-state index in [0.717, 1.165) is 24.1 Å². The van der Waals surface area contributed by atoms with Crippen LogP contribution in [0.15, 0.2) is 24.0 Å². The van der Waals surface area contributed by atoms with E-state index in [2.05, 4.69) is 15.5 Å². The zero-order chi connectivity index (χ0) is 32.5. The monoisotopic (exact) mass is 628 g/mol. The number of amides is 2. The number of likely N-dealkylation sites (tertiary alicyclic amines) is 1. The van der Waals surface area contributed by atoms with Crippen molar-refractivity contribution in [1.29, 1.82) is 0 Å². The average molecular weight is 629 g/mol. The maximum absolute atomic E-state index is 13.2. The summed E-state index contributed by atoms with van der Waals surface area (Å²) in [5.41, 5.74) is 5.54. The van der Waals surface area contributed by atoms with E-state index >= 15 is 0 Å². The second-order valence-corrected chi connectivity index (χ2v) is 12.4. The van der Waals surface area contributed by atoms with Crippen molar-refractivity contribution in [1.82, 2.24) is 15.5 Å². The number of unbranched alkanes of at least 4 members (excludes halogenated alkanes) is 1. The summed E-state index contributed by atoms with van der Waals surface area (Å²) in [7, 11) is 3.58. The van der Waals surface area contributed by atoms with Crippen LogP contribution >= 0.6 is 0 Å². The van der Waals surface area contributed by atoms with E-state index in [1.165, 1.54) is 13.8 Å². The summed E-state index contributed by atoms with van der Waals surface area (Å²) in [4.78, 5) is 52.0. The molecular formula is C32H44N4O9. The van der Waals surface area contributed by atoms with E-state index < -0.39 is 47.1 Å². The predicted octanol–water partition coefficient (Wildman–Crippen LogP) is 0.588. The van der Waals surface area contributed by atoms with Crippen LogP contribution in [0.25, 0.3) is 0 Å². The van der Waals surface area contributed by atoms with Crippen molar-refractivity contribution in [3.05, 3.63) is 35.1 Å². The number of nitrogens with two attached hydrogens (primary N) is 1. The minimum Gasteiger partial charge on any atom is -0.493 e. The van der Waals surface area contributed by atoms with E-state index in [1.54, 1.807) is 13.2 Å². The lowest BCUT2D eigenvalue weighted by Gasteiger charge is -2.61. The number of nitrogens with zero attached hydrogens (tertiary/aromatic N) is 1. The second-order valence-electron chi connectivity index (χ2n) is 12.4. The molecule has 2 heterocycles. The molecule has 13 heteroatoms. The van der Waals surface area contributed by atoms with Crippen molar-refractivity contribution >= 4 is 23.8 Å². The standard InChI is InChI=1S/C32H44N4O9/c1-18(43-25(38)11-15-34-29(39)21(35-19(2)37)7-5-6-14-33)30(40)44-23-10-12-32(41)24-17-20-8-9-22(42-4)27-26(20)31(32,28(23)45-27)13-16-36(24)3/h8-10,18,21,24,28,41H,5-7,11-17,33H2,1-4H3,(H,34,39)(H,35,37)/t18-,21-,24+,28-,31-,32+/m0/s1. The Hall–Kier alpha value is -3.68. The molecule has 6 atom stereocenters. The number of carbonyl (C=O) groups excluding carboxylic acids is 4. The Morgan fingerprint density at radius 2 is 2.02 bits per heavy atom. The zero-order valence-electron chi connectivity index (χ0n) is 26.4. The predicted molar refractivity (Wildman–Crippen MR) is 161 cm³/mol. The first-order chi connectivity index (χ1) is 21.5. The number of methoxy groups -OCH3 is 1. The molecule has 0 radical (unpaired) electrons. The van der Waals surface area contributed by atoms with Gasteiger partial charge in [0.05, 0.1) is 24.5 Å². The fraction of sp³-hybridized carbons (Fsp3) is 0.625. The minimum atomic E-state index is -1.23. The fourth-order valence-electron chi connectivity index (χ4n) is 7.51. The number of carbonyl (C=O) groups is 4. The van der Waals surface area contributed by atoms with Crippen LogP contribution in [0.3, 0.4) is 0 Å². The molecule has 1 spiro atoms. The van der Waals surface area contributed by atoms with Gasteiger partial charge in [-0.3, -0.25) is 14.4 Å². The Morgan fingerprint density at radius 3 is 2.73 bits per heavy atom. The molecule has 1 saturated heterocycles. The highest BCUT2D eigenvalue weighted by Gasteiger charge is 2.72. The van der Waals surface area contributed by atoms with E-state index in [-0.39, 0.29) is 37.1 Å². The van der Waals surface area contributed by atoms with Crippen LogP contribution in [-0.2, 0) is 40.5 Å². The van der Waals surface area contributed by atoms with Crippen LogP contribution in [0.1, 0.15) is 63.5 Å². The number of hydrogen-bond acceptors (Lipinski definition) is 11. The summed E-state index contributed by atoms with van der Waals surface area (Å²) in [6.07, 6.45) is 2.85. The maximum atomic E-state index is 13.2. The molecule has 246 valence electrons. The molecule has 45 heavy (non-hydrogen) atoms.